The van der Waals surface area contributed by atoms with Gasteiger partial charge in [0.15, 0.2) is 0 Å². The average molecular weight is 307 g/mol. The number of rotatable bonds is 5. The van der Waals surface area contributed by atoms with E-state index in [2.05, 4.69) is 62.4 Å². The lowest BCUT2D eigenvalue weighted by Crippen LogP contribution is -2.43. The van der Waals surface area contributed by atoms with Gasteiger partial charge in [-0.3, -0.25) is 4.79 Å². The largest absolute Gasteiger partial charge is 0.305 e. The molecule has 0 radical (unpaired) electrons. The SMILES string of the molecule is CC(C)c1ccc(N(C=O)C2(c3ccccc3)CCCC2)cc1. The van der Waals surface area contributed by atoms with Crippen LogP contribution in [0.1, 0.15) is 56.6 Å². The summed E-state index contributed by atoms with van der Waals surface area (Å²) in [5.41, 5.74) is 3.36. The second kappa shape index (κ2) is 6.57. The normalized spacial score (nSPS) is 16.5. The molecule has 0 heterocycles. The Hall–Kier alpha value is -2.09. The van der Waals surface area contributed by atoms with Crippen molar-refractivity contribution in [3.63, 3.8) is 0 Å². The van der Waals surface area contributed by atoms with Crippen molar-refractivity contribution in [2.45, 2.75) is 51.0 Å². The van der Waals surface area contributed by atoms with Crippen LogP contribution in [0.5, 0.6) is 0 Å². The highest BCUT2D eigenvalue weighted by molar-refractivity contribution is 5.78. The zero-order valence-electron chi connectivity index (χ0n) is 14.0. The topological polar surface area (TPSA) is 20.3 Å². The van der Waals surface area contributed by atoms with Gasteiger partial charge in [-0.05, 0) is 42.0 Å². The maximum atomic E-state index is 12.0. The van der Waals surface area contributed by atoms with E-state index in [9.17, 15) is 4.79 Å². The van der Waals surface area contributed by atoms with Crippen LogP contribution in [-0.2, 0) is 10.3 Å². The van der Waals surface area contributed by atoms with Crippen molar-refractivity contribution in [3.8, 4) is 0 Å². The molecule has 2 nitrogen and oxygen atoms in total. The summed E-state index contributed by atoms with van der Waals surface area (Å²) in [7, 11) is 0. The van der Waals surface area contributed by atoms with E-state index in [1.54, 1.807) is 0 Å². The first-order chi connectivity index (χ1) is 11.2. The maximum Gasteiger partial charge on any atom is 0.214 e. The molecule has 1 fully saturated rings. The van der Waals surface area contributed by atoms with Crippen LogP contribution in [-0.4, -0.2) is 6.41 Å². The molecule has 0 spiro atoms. The number of carbonyl (C=O) groups excluding carboxylic acids is 1. The Morgan fingerprint density at radius 1 is 0.957 bits per heavy atom. The third kappa shape index (κ3) is 2.90. The molecule has 2 aromatic rings. The molecule has 1 amide bonds. The van der Waals surface area contributed by atoms with E-state index in [1.165, 1.54) is 24.0 Å². The van der Waals surface area contributed by atoms with E-state index in [-0.39, 0.29) is 5.54 Å². The van der Waals surface area contributed by atoms with Crippen molar-refractivity contribution in [1.82, 2.24) is 0 Å². The lowest BCUT2D eigenvalue weighted by atomic mass is 9.86. The Balaban J connectivity index is 2.01. The van der Waals surface area contributed by atoms with Gasteiger partial charge in [-0.1, -0.05) is 69.2 Å². The molecule has 1 saturated carbocycles. The summed E-state index contributed by atoms with van der Waals surface area (Å²) in [6, 6.07) is 19.0. The lowest BCUT2D eigenvalue weighted by Gasteiger charge is -2.39. The highest BCUT2D eigenvalue weighted by atomic mass is 16.1. The monoisotopic (exact) mass is 307 g/mol. The van der Waals surface area contributed by atoms with Gasteiger partial charge in [-0.2, -0.15) is 0 Å². The van der Waals surface area contributed by atoms with E-state index in [0.717, 1.165) is 24.9 Å². The zero-order chi connectivity index (χ0) is 16.3. The minimum absolute atomic E-state index is 0.192. The first-order valence-corrected chi connectivity index (χ1v) is 8.57. The smallest absolute Gasteiger partial charge is 0.214 e. The number of benzene rings is 2. The molecule has 1 aliphatic carbocycles. The van der Waals surface area contributed by atoms with Gasteiger partial charge in [0, 0.05) is 5.69 Å². The average Bonchev–Trinajstić information content (AvgIpc) is 3.07. The van der Waals surface area contributed by atoms with Crippen LogP contribution in [0.2, 0.25) is 0 Å². The van der Waals surface area contributed by atoms with Crippen LogP contribution in [0.3, 0.4) is 0 Å². The van der Waals surface area contributed by atoms with Crippen molar-refractivity contribution in [2.24, 2.45) is 0 Å². The van der Waals surface area contributed by atoms with Crippen molar-refractivity contribution < 1.29 is 4.79 Å². The molecule has 23 heavy (non-hydrogen) atoms. The van der Waals surface area contributed by atoms with Crippen molar-refractivity contribution >= 4 is 12.1 Å². The van der Waals surface area contributed by atoms with E-state index in [0.29, 0.717) is 5.92 Å². The molecule has 120 valence electrons. The second-order valence-electron chi connectivity index (χ2n) is 6.83. The fourth-order valence-corrected chi connectivity index (χ4v) is 3.81. The second-order valence-corrected chi connectivity index (χ2v) is 6.83. The summed E-state index contributed by atoms with van der Waals surface area (Å²) in [4.78, 5) is 14.0. The lowest BCUT2D eigenvalue weighted by molar-refractivity contribution is -0.108. The molecule has 2 heteroatoms. The van der Waals surface area contributed by atoms with Crippen molar-refractivity contribution in [2.75, 3.05) is 4.90 Å². The summed E-state index contributed by atoms with van der Waals surface area (Å²) in [5.74, 6) is 0.503. The minimum Gasteiger partial charge on any atom is -0.305 e. The molecule has 0 aromatic heterocycles. The molecule has 0 unspecified atom stereocenters. The Morgan fingerprint density at radius 3 is 2.09 bits per heavy atom. The number of hydrogen-bond acceptors (Lipinski definition) is 1. The molecular weight excluding hydrogens is 282 g/mol. The van der Waals surface area contributed by atoms with Gasteiger partial charge >= 0.3 is 0 Å². The third-order valence-corrected chi connectivity index (χ3v) is 5.15. The predicted molar refractivity (Wildman–Crippen MR) is 95.7 cm³/mol. The van der Waals surface area contributed by atoms with E-state index < -0.39 is 0 Å². The van der Waals surface area contributed by atoms with Crippen molar-refractivity contribution in [1.29, 1.82) is 0 Å². The highest BCUT2D eigenvalue weighted by Crippen LogP contribution is 2.45. The van der Waals surface area contributed by atoms with Crippen LogP contribution in [0.25, 0.3) is 0 Å². The Labute approximate surface area is 139 Å². The number of nitrogens with zero attached hydrogens (tertiary/aromatic N) is 1. The zero-order valence-corrected chi connectivity index (χ0v) is 14.0. The summed E-state index contributed by atoms with van der Waals surface area (Å²) < 4.78 is 0. The molecule has 2 aromatic carbocycles. The Morgan fingerprint density at radius 2 is 1.57 bits per heavy atom. The van der Waals surface area contributed by atoms with Gasteiger partial charge in [0.2, 0.25) is 6.41 Å². The van der Waals surface area contributed by atoms with E-state index in [4.69, 9.17) is 0 Å². The summed E-state index contributed by atoms with van der Waals surface area (Å²) in [5, 5.41) is 0. The summed E-state index contributed by atoms with van der Waals surface area (Å²) in [6.07, 6.45) is 5.42. The molecule has 3 rings (SSSR count). The van der Waals surface area contributed by atoms with E-state index in [1.807, 2.05) is 11.0 Å². The van der Waals surface area contributed by atoms with Gasteiger partial charge in [0.25, 0.3) is 0 Å². The van der Waals surface area contributed by atoms with Crippen LogP contribution in [0.15, 0.2) is 54.6 Å². The minimum atomic E-state index is -0.192. The molecule has 0 bridgehead atoms. The third-order valence-electron chi connectivity index (χ3n) is 5.15. The number of anilines is 1. The van der Waals surface area contributed by atoms with Gasteiger partial charge in [0.05, 0.1) is 5.54 Å². The first-order valence-electron chi connectivity index (χ1n) is 8.57. The van der Waals surface area contributed by atoms with Crippen LogP contribution in [0, 0.1) is 0 Å². The van der Waals surface area contributed by atoms with Gasteiger partial charge in [0.1, 0.15) is 0 Å². The Kier molecular flexibility index (Phi) is 4.51. The van der Waals surface area contributed by atoms with E-state index >= 15 is 0 Å². The summed E-state index contributed by atoms with van der Waals surface area (Å²) in [6.45, 7) is 4.38. The number of amides is 1. The van der Waals surface area contributed by atoms with Crippen LogP contribution in [0.4, 0.5) is 5.69 Å². The quantitative estimate of drug-likeness (QED) is 0.691. The Bertz CT molecular complexity index is 639. The number of hydrogen-bond donors (Lipinski definition) is 0. The fourth-order valence-electron chi connectivity index (χ4n) is 3.81. The van der Waals surface area contributed by atoms with Crippen LogP contribution >= 0.6 is 0 Å². The predicted octanol–water partition coefficient (Wildman–Crippen LogP) is 5.24. The molecule has 0 aliphatic heterocycles. The molecule has 0 atom stereocenters. The molecule has 0 saturated heterocycles. The molecule has 1 aliphatic rings. The summed E-state index contributed by atoms with van der Waals surface area (Å²) >= 11 is 0. The fraction of sp³-hybridized carbons (Fsp3) is 0.381. The number of carbonyl (C=O) groups is 1. The van der Waals surface area contributed by atoms with Gasteiger partial charge in [-0.25, -0.2) is 0 Å². The highest BCUT2D eigenvalue weighted by Gasteiger charge is 2.41. The first kappa shape index (κ1) is 15.8. The van der Waals surface area contributed by atoms with Crippen LogP contribution < -0.4 is 4.90 Å². The standard InChI is InChI=1S/C21H25NO/c1-17(2)18-10-12-20(13-11-18)22(16-23)21(14-6-7-15-21)19-8-4-3-5-9-19/h3-5,8-13,16-17H,6-7,14-15H2,1-2H3. The molecule has 0 N–H and O–H groups in total. The van der Waals surface area contributed by atoms with Crippen molar-refractivity contribution in [3.05, 3.63) is 65.7 Å². The van der Waals surface area contributed by atoms with Gasteiger partial charge in [-0.15, -0.1) is 0 Å². The molecular formula is C21H25NO. The van der Waals surface area contributed by atoms with Gasteiger partial charge < -0.3 is 4.90 Å². The maximum absolute atomic E-state index is 12.0.